The molecule has 0 saturated heterocycles. The molecular weight excluding hydrogens is 510 g/mol. The van der Waals surface area contributed by atoms with E-state index in [0.717, 1.165) is 28.1 Å². The molecule has 1 aliphatic heterocycles. The van der Waals surface area contributed by atoms with Gasteiger partial charge in [0, 0.05) is 6.42 Å². The molecule has 3 heterocycles. The Kier molecular flexibility index (Phi) is 6.48. The smallest absolute Gasteiger partial charge is 0.297 e. The summed E-state index contributed by atoms with van der Waals surface area (Å²) in [6, 6.07) is 22.1. The fourth-order valence-electron chi connectivity index (χ4n) is 4.86. The molecule has 6 rings (SSSR count). The number of aromatic nitrogens is 2. The van der Waals surface area contributed by atoms with Crippen LogP contribution in [0.5, 0.6) is 5.75 Å². The number of nitrogens with zero attached hydrogens (tertiary/aromatic N) is 3. The minimum absolute atomic E-state index is 0.0476. The van der Waals surface area contributed by atoms with E-state index in [0.29, 0.717) is 39.9 Å². The molecule has 8 heteroatoms. The average Bonchev–Trinajstić information content (AvgIpc) is 3.50. The summed E-state index contributed by atoms with van der Waals surface area (Å²) in [5.41, 5.74) is 3.25. The quantitative estimate of drug-likeness (QED) is 0.236. The van der Waals surface area contributed by atoms with Gasteiger partial charge in [0.05, 0.1) is 17.0 Å². The predicted molar refractivity (Wildman–Crippen MR) is 152 cm³/mol. The van der Waals surface area contributed by atoms with Crippen LogP contribution in [0.15, 0.2) is 82.0 Å². The average molecular weight is 538 g/mol. The van der Waals surface area contributed by atoms with Crippen LogP contribution in [0.25, 0.3) is 11.0 Å². The number of amides is 1. The summed E-state index contributed by atoms with van der Waals surface area (Å²) in [7, 11) is 0. The molecule has 0 radical (unpaired) electrons. The van der Waals surface area contributed by atoms with Crippen LogP contribution in [0.1, 0.15) is 57.7 Å². The maximum absolute atomic E-state index is 13.9. The van der Waals surface area contributed by atoms with E-state index in [1.807, 2.05) is 67.6 Å². The molecular formula is C31H27N3O4S. The molecule has 0 spiro atoms. The van der Waals surface area contributed by atoms with E-state index in [4.69, 9.17) is 9.15 Å². The highest BCUT2D eigenvalue weighted by atomic mass is 32.1. The van der Waals surface area contributed by atoms with E-state index in [1.54, 1.807) is 17.0 Å². The number of hydrogen-bond donors (Lipinski definition) is 0. The molecule has 0 saturated carbocycles. The summed E-state index contributed by atoms with van der Waals surface area (Å²) < 4.78 is 12.0. The lowest BCUT2D eigenvalue weighted by molar-refractivity contribution is 0.0970. The van der Waals surface area contributed by atoms with E-state index in [2.05, 4.69) is 24.0 Å². The zero-order valence-corrected chi connectivity index (χ0v) is 22.7. The Hall–Kier alpha value is -4.30. The second kappa shape index (κ2) is 10.1. The van der Waals surface area contributed by atoms with Crippen LogP contribution in [0.2, 0.25) is 0 Å². The van der Waals surface area contributed by atoms with Crippen molar-refractivity contribution in [2.24, 2.45) is 5.92 Å². The molecule has 3 aromatic carbocycles. The van der Waals surface area contributed by atoms with Crippen LogP contribution in [-0.4, -0.2) is 16.1 Å². The van der Waals surface area contributed by atoms with Crippen LogP contribution < -0.4 is 15.1 Å². The summed E-state index contributed by atoms with van der Waals surface area (Å²) in [5.74, 6) is 0.737. The highest BCUT2D eigenvalue weighted by Crippen LogP contribution is 2.42. The maximum atomic E-state index is 13.9. The lowest BCUT2D eigenvalue weighted by atomic mass is 9.98. The van der Waals surface area contributed by atoms with Gasteiger partial charge in [0.1, 0.15) is 22.9 Å². The van der Waals surface area contributed by atoms with Crippen LogP contribution in [0.3, 0.4) is 0 Å². The molecule has 1 atom stereocenters. The number of anilines is 1. The third-order valence-electron chi connectivity index (χ3n) is 6.71. The first-order valence-electron chi connectivity index (χ1n) is 12.9. The molecule has 5 aromatic rings. The fraction of sp³-hybridized carbons (Fsp3) is 0.226. The van der Waals surface area contributed by atoms with Crippen LogP contribution in [-0.2, 0) is 13.0 Å². The molecule has 196 valence electrons. The predicted octanol–water partition coefficient (Wildman–Crippen LogP) is 6.48. The molecule has 39 heavy (non-hydrogen) atoms. The highest BCUT2D eigenvalue weighted by Gasteiger charge is 2.45. The first-order chi connectivity index (χ1) is 18.9. The summed E-state index contributed by atoms with van der Waals surface area (Å²) >= 11 is 1.37. The lowest BCUT2D eigenvalue weighted by Crippen LogP contribution is -2.29. The summed E-state index contributed by atoms with van der Waals surface area (Å²) in [4.78, 5) is 29.2. The van der Waals surface area contributed by atoms with Crippen LogP contribution >= 0.6 is 11.3 Å². The first kappa shape index (κ1) is 25.0. The zero-order chi connectivity index (χ0) is 27.1. The molecule has 0 aliphatic carbocycles. The van der Waals surface area contributed by atoms with Gasteiger partial charge < -0.3 is 9.15 Å². The molecule has 0 N–H and O–H groups in total. The Morgan fingerprint density at radius 2 is 1.77 bits per heavy atom. The monoisotopic (exact) mass is 537 g/mol. The largest absolute Gasteiger partial charge is 0.489 e. The lowest BCUT2D eigenvalue weighted by Gasteiger charge is -2.22. The summed E-state index contributed by atoms with van der Waals surface area (Å²) in [5, 5.41) is 10.4. The van der Waals surface area contributed by atoms with Gasteiger partial charge in [-0.25, -0.2) is 0 Å². The van der Waals surface area contributed by atoms with Crippen molar-refractivity contribution in [3.8, 4) is 5.75 Å². The maximum Gasteiger partial charge on any atom is 0.297 e. The van der Waals surface area contributed by atoms with Gasteiger partial charge in [-0.05, 0) is 48.2 Å². The Balaban J connectivity index is 1.43. The Labute approximate surface area is 229 Å². The third kappa shape index (κ3) is 4.72. The molecule has 1 aliphatic rings. The van der Waals surface area contributed by atoms with Crippen LogP contribution in [0.4, 0.5) is 5.13 Å². The van der Waals surface area contributed by atoms with Crippen molar-refractivity contribution >= 4 is 33.3 Å². The number of carbonyl (C=O) groups excluding carboxylic acids is 1. The van der Waals surface area contributed by atoms with Crippen molar-refractivity contribution in [3.05, 3.63) is 116 Å². The second-order valence-corrected chi connectivity index (χ2v) is 11.2. The van der Waals surface area contributed by atoms with E-state index in [9.17, 15) is 9.59 Å². The number of carbonyl (C=O) groups is 1. The minimum atomic E-state index is -0.698. The second-order valence-electron chi connectivity index (χ2n) is 10.2. The van der Waals surface area contributed by atoms with E-state index < -0.39 is 11.9 Å². The highest BCUT2D eigenvalue weighted by molar-refractivity contribution is 7.15. The number of fused-ring (bicyclic) bond motifs is 2. The molecule has 2 aromatic heterocycles. The molecule has 1 amide bonds. The fourth-order valence-corrected chi connectivity index (χ4v) is 5.94. The van der Waals surface area contributed by atoms with Gasteiger partial charge in [-0.3, -0.25) is 14.5 Å². The van der Waals surface area contributed by atoms with E-state index in [1.165, 1.54) is 11.3 Å². The van der Waals surface area contributed by atoms with E-state index in [-0.39, 0.29) is 11.2 Å². The minimum Gasteiger partial charge on any atom is -0.489 e. The number of ether oxygens (including phenoxy) is 1. The Bertz CT molecular complexity index is 1730. The Morgan fingerprint density at radius 3 is 2.51 bits per heavy atom. The normalized spacial score (nSPS) is 14.8. The molecule has 0 bridgehead atoms. The standard InChI is InChI=1S/C31H27N3O4S/c1-18(2)15-25-32-33-31(39-25)34-27(21-10-12-22(13-11-21)37-17-20-7-5-4-6-8-20)26-28(35)23-16-19(3)9-14-24(23)38-29(26)30(34)36/h4-14,16,18,27H,15,17H2,1-3H3. The number of rotatable bonds is 7. The Morgan fingerprint density at radius 1 is 1.00 bits per heavy atom. The SMILES string of the molecule is Cc1ccc2oc3c(c(=O)c2c1)C(c1ccc(OCc2ccccc2)cc1)N(c1nnc(CC(C)C)s1)C3=O. The van der Waals surface area contributed by atoms with Crippen molar-refractivity contribution in [2.45, 2.75) is 39.8 Å². The van der Waals surface area contributed by atoms with Crippen molar-refractivity contribution < 1.29 is 13.9 Å². The van der Waals surface area contributed by atoms with Gasteiger partial charge in [0.2, 0.25) is 10.9 Å². The van der Waals surface area contributed by atoms with Gasteiger partial charge in [-0.1, -0.05) is 79.3 Å². The summed E-state index contributed by atoms with van der Waals surface area (Å²) in [6.07, 6.45) is 0.755. The number of hydrogen-bond acceptors (Lipinski definition) is 7. The molecule has 7 nitrogen and oxygen atoms in total. The first-order valence-corrected chi connectivity index (χ1v) is 13.7. The topological polar surface area (TPSA) is 85.5 Å². The third-order valence-corrected chi connectivity index (χ3v) is 7.66. The van der Waals surface area contributed by atoms with Gasteiger partial charge in [-0.15, -0.1) is 10.2 Å². The van der Waals surface area contributed by atoms with Gasteiger partial charge in [0.25, 0.3) is 5.91 Å². The summed E-state index contributed by atoms with van der Waals surface area (Å²) in [6.45, 7) is 6.58. The molecule has 0 fully saturated rings. The van der Waals surface area contributed by atoms with Crippen LogP contribution in [0, 0.1) is 12.8 Å². The van der Waals surface area contributed by atoms with Gasteiger partial charge >= 0.3 is 0 Å². The molecule has 1 unspecified atom stereocenters. The number of aryl methyl sites for hydroxylation is 1. The van der Waals surface area contributed by atoms with Crippen molar-refractivity contribution in [1.29, 1.82) is 0 Å². The number of benzene rings is 3. The zero-order valence-electron chi connectivity index (χ0n) is 21.9. The van der Waals surface area contributed by atoms with Crippen molar-refractivity contribution in [3.63, 3.8) is 0 Å². The van der Waals surface area contributed by atoms with Gasteiger partial charge in [-0.2, -0.15) is 0 Å². The van der Waals surface area contributed by atoms with Crippen molar-refractivity contribution in [1.82, 2.24) is 10.2 Å². The van der Waals surface area contributed by atoms with Gasteiger partial charge in [0.15, 0.2) is 5.43 Å². The van der Waals surface area contributed by atoms with E-state index >= 15 is 0 Å². The van der Waals surface area contributed by atoms with Crippen molar-refractivity contribution in [2.75, 3.05) is 4.90 Å².